The van der Waals surface area contributed by atoms with Gasteiger partial charge in [-0.25, -0.2) is 4.98 Å². The van der Waals surface area contributed by atoms with Crippen molar-refractivity contribution in [1.82, 2.24) is 20.5 Å². The molecule has 0 atom stereocenters. The van der Waals surface area contributed by atoms with Gasteiger partial charge in [0.25, 0.3) is 0 Å². The van der Waals surface area contributed by atoms with Gasteiger partial charge >= 0.3 is 0 Å². The van der Waals surface area contributed by atoms with Crippen LogP contribution >= 0.6 is 23.1 Å². The highest BCUT2D eigenvalue weighted by molar-refractivity contribution is 8.00. The van der Waals surface area contributed by atoms with E-state index in [4.69, 9.17) is 4.74 Å². The Kier molecular flexibility index (Phi) is 8.62. The molecule has 1 aliphatic rings. The van der Waals surface area contributed by atoms with Crippen molar-refractivity contribution in [2.75, 3.05) is 58.7 Å². The van der Waals surface area contributed by atoms with E-state index in [0.29, 0.717) is 0 Å². The van der Waals surface area contributed by atoms with Crippen molar-refractivity contribution in [2.24, 2.45) is 4.99 Å². The third-order valence-corrected chi connectivity index (χ3v) is 5.35. The quantitative estimate of drug-likeness (QED) is 0.319. The molecule has 2 rings (SSSR count). The Morgan fingerprint density at radius 3 is 2.95 bits per heavy atom. The van der Waals surface area contributed by atoms with E-state index in [1.807, 2.05) is 30.4 Å². The molecule has 6 nitrogen and oxygen atoms in total. The smallest absolute Gasteiger partial charge is 0.191 e. The summed E-state index contributed by atoms with van der Waals surface area (Å²) in [6.45, 7) is 6.63. The van der Waals surface area contributed by atoms with E-state index < -0.39 is 0 Å². The van der Waals surface area contributed by atoms with Crippen molar-refractivity contribution in [2.45, 2.75) is 10.8 Å². The first-order chi connectivity index (χ1) is 10.9. The van der Waals surface area contributed by atoms with E-state index >= 15 is 0 Å². The van der Waals surface area contributed by atoms with Crippen molar-refractivity contribution in [3.8, 4) is 0 Å². The van der Waals surface area contributed by atoms with Gasteiger partial charge in [-0.1, -0.05) is 11.8 Å². The number of thiazole rings is 1. The summed E-state index contributed by atoms with van der Waals surface area (Å²) in [5.74, 6) is 1.96. The molecule has 1 aliphatic heterocycles. The number of morpholine rings is 1. The van der Waals surface area contributed by atoms with Crippen LogP contribution in [0.25, 0.3) is 0 Å². The minimum atomic E-state index is 0.851. The molecule has 1 aromatic heterocycles. The molecule has 0 spiro atoms. The van der Waals surface area contributed by atoms with Crippen LogP contribution in [0.5, 0.6) is 0 Å². The van der Waals surface area contributed by atoms with Crippen LogP contribution < -0.4 is 10.6 Å². The lowest BCUT2D eigenvalue weighted by molar-refractivity contribution is 0.0389. The molecule has 2 N–H and O–H groups in total. The van der Waals surface area contributed by atoms with Gasteiger partial charge in [-0.3, -0.25) is 9.89 Å². The monoisotopic (exact) mass is 343 g/mol. The first-order valence-electron chi connectivity index (χ1n) is 7.65. The summed E-state index contributed by atoms with van der Waals surface area (Å²) >= 11 is 3.51. The summed E-state index contributed by atoms with van der Waals surface area (Å²) in [5, 5.41) is 8.73. The predicted molar refractivity (Wildman–Crippen MR) is 94.1 cm³/mol. The Morgan fingerprint density at radius 1 is 1.41 bits per heavy atom. The Hall–Kier alpha value is -0.830. The van der Waals surface area contributed by atoms with Crippen LogP contribution in [0.1, 0.15) is 6.42 Å². The predicted octanol–water partition coefficient (Wildman–Crippen LogP) is 1.12. The molecule has 0 saturated carbocycles. The summed E-state index contributed by atoms with van der Waals surface area (Å²) in [4.78, 5) is 10.9. The zero-order valence-electron chi connectivity index (χ0n) is 13.1. The zero-order chi connectivity index (χ0) is 15.5. The highest BCUT2D eigenvalue weighted by Crippen LogP contribution is 2.20. The molecule has 1 aromatic rings. The number of thioether (sulfide) groups is 1. The SMILES string of the molecule is CN=C(NCCCSc1nccs1)NCCN1CCOCC1. The molecule has 22 heavy (non-hydrogen) atoms. The molecule has 0 unspecified atom stereocenters. The van der Waals surface area contributed by atoms with E-state index in [0.717, 1.165) is 68.4 Å². The normalized spacial score (nSPS) is 16.7. The van der Waals surface area contributed by atoms with Crippen LogP contribution in [-0.4, -0.2) is 74.6 Å². The number of nitrogens with zero attached hydrogens (tertiary/aromatic N) is 3. The number of nitrogens with one attached hydrogen (secondary N) is 2. The number of guanidine groups is 1. The van der Waals surface area contributed by atoms with Gasteiger partial charge < -0.3 is 15.4 Å². The van der Waals surface area contributed by atoms with Gasteiger partial charge in [0.1, 0.15) is 4.34 Å². The molecule has 0 amide bonds. The van der Waals surface area contributed by atoms with E-state index in [-0.39, 0.29) is 0 Å². The van der Waals surface area contributed by atoms with Gasteiger partial charge in [0.2, 0.25) is 0 Å². The number of aliphatic imine (C=N–C) groups is 1. The van der Waals surface area contributed by atoms with Crippen LogP contribution in [0.4, 0.5) is 0 Å². The van der Waals surface area contributed by atoms with Crippen LogP contribution in [0.3, 0.4) is 0 Å². The standard InChI is InChI=1S/C14H25N5OS2/c1-15-13(17-4-6-19-7-9-20-10-8-19)16-3-2-11-21-14-18-5-12-22-14/h5,12H,2-4,6-11H2,1H3,(H2,15,16,17). The Balaban J connectivity index is 1.49. The van der Waals surface area contributed by atoms with Gasteiger partial charge in [-0.2, -0.15) is 0 Å². The molecule has 0 aromatic carbocycles. The number of hydrogen-bond donors (Lipinski definition) is 2. The molecule has 0 radical (unpaired) electrons. The van der Waals surface area contributed by atoms with E-state index in [2.05, 4.69) is 25.5 Å². The Morgan fingerprint density at radius 2 is 2.23 bits per heavy atom. The van der Waals surface area contributed by atoms with Crippen molar-refractivity contribution < 1.29 is 4.74 Å². The molecule has 1 fully saturated rings. The van der Waals surface area contributed by atoms with Crippen LogP contribution in [-0.2, 0) is 4.74 Å². The average Bonchev–Trinajstić information content (AvgIpc) is 3.07. The van der Waals surface area contributed by atoms with Crippen LogP contribution in [0.15, 0.2) is 20.9 Å². The van der Waals surface area contributed by atoms with E-state index in [1.165, 1.54) is 0 Å². The summed E-state index contributed by atoms with van der Waals surface area (Å²) in [6, 6.07) is 0. The number of ether oxygens (including phenoxy) is 1. The first-order valence-corrected chi connectivity index (χ1v) is 9.52. The van der Waals surface area contributed by atoms with Crippen molar-refractivity contribution in [1.29, 1.82) is 0 Å². The second-order valence-electron chi connectivity index (χ2n) is 4.88. The average molecular weight is 344 g/mol. The minimum Gasteiger partial charge on any atom is -0.379 e. The minimum absolute atomic E-state index is 0.851. The van der Waals surface area contributed by atoms with E-state index in [1.54, 1.807) is 11.3 Å². The van der Waals surface area contributed by atoms with Crippen molar-refractivity contribution in [3.63, 3.8) is 0 Å². The maximum Gasteiger partial charge on any atom is 0.191 e. The number of rotatable bonds is 8. The second kappa shape index (κ2) is 10.8. The Labute approximate surface area is 140 Å². The summed E-state index contributed by atoms with van der Waals surface area (Å²) in [5.41, 5.74) is 0. The lowest BCUT2D eigenvalue weighted by Crippen LogP contribution is -2.44. The molecule has 2 heterocycles. The van der Waals surface area contributed by atoms with Crippen LogP contribution in [0.2, 0.25) is 0 Å². The van der Waals surface area contributed by atoms with Gasteiger partial charge in [-0.15, -0.1) is 11.3 Å². The maximum atomic E-state index is 5.35. The van der Waals surface area contributed by atoms with Gasteiger partial charge in [0, 0.05) is 57.1 Å². The lowest BCUT2D eigenvalue weighted by atomic mass is 10.4. The third-order valence-electron chi connectivity index (χ3n) is 3.30. The molecular formula is C14H25N5OS2. The molecule has 0 bridgehead atoms. The summed E-state index contributed by atoms with van der Waals surface area (Å²) in [7, 11) is 1.81. The third kappa shape index (κ3) is 6.95. The summed E-state index contributed by atoms with van der Waals surface area (Å²) < 4.78 is 6.49. The maximum absolute atomic E-state index is 5.35. The largest absolute Gasteiger partial charge is 0.379 e. The van der Waals surface area contributed by atoms with Crippen molar-refractivity contribution in [3.05, 3.63) is 11.6 Å². The molecule has 8 heteroatoms. The highest BCUT2D eigenvalue weighted by atomic mass is 32.2. The fourth-order valence-corrected chi connectivity index (χ4v) is 3.75. The fraction of sp³-hybridized carbons (Fsp3) is 0.714. The van der Waals surface area contributed by atoms with Crippen LogP contribution in [0, 0.1) is 0 Å². The van der Waals surface area contributed by atoms with Gasteiger partial charge in [0.15, 0.2) is 5.96 Å². The first kappa shape index (κ1) is 17.5. The molecular weight excluding hydrogens is 318 g/mol. The molecule has 1 saturated heterocycles. The lowest BCUT2D eigenvalue weighted by Gasteiger charge is -2.26. The Bertz CT molecular complexity index is 421. The highest BCUT2D eigenvalue weighted by Gasteiger charge is 2.09. The van der Waals surface area contributed by atoms with Gasteiger partial charge in [0.05, 0.1) is 13.2 Å². The fourth-order valence-electron chi connectivity index (χ4n) is 2.10. The molecule has 0 aliphatic carbocycles. The van der Waals surface area contributed by atoms with E-state index in [9.17, 15) is 0 Å². The zero-order valence-corrected chi connectivity index (χ0v) is 14.7. The topological polar surface area (TPSA) is 61.8 Å². The molecule has 124 valence electrons. The number of aromatic nitrogens is 1. The number of hydrogen-bond acceptors (Lipinski definition) is 6. The summed E-state index contributed by atoms with van der Waals surface area (Å²) in [6.07, 6.45) is 2.94. The van der Waals surface area contributed by atoms with Crippen molar-refractivity contribution >= 4 is 29.1 Å². The van der Waals surface area contributed by atoms with Gasteiger partial charge in [-0.05, 0) is 6.42 Å². The second-order valence-corrected chi connectivity index (χ2v) is 7.12.